The standard InChI is InChI=1S/C19H18N4O2/c1-3-22-18(24)15-9-4-5-10-16(15)23-17(20-21-19(22)23)12-25-14-8-6-7-13(2)11-14/h4-11H,3,12H2,1-2H3. The lowest BCUT2D eigenvalue weighted by atomic mass is 10.2. The number of ether oxygens (including phenoxy) is 1. The summed E-state index contributed by atoms with van der Waals surface area (Å²) in [6, 6.07) is 15.4. The summed E-state index contributed by atoms with van der Waals surface area (Å²) in [5, 5.41) is 9.13. The summed E-state index contributed by atoms with van der Waals surface area (Å²) in [6.45, 7) is 4.75. The maximum atomic E-state index is 12.7. The van der Waals surface area contributed by atoms with Crippen LogP contribution in [0, 0.1) is 6.92 Å². The summed E-state index contributed by atoms with van der Waals surface area (Å²) in [4.78, 5) is 12.7. The highest BCUT2D eigenvalue weighted by molar-refractivity contribution is 5.80. The van der Waals surface area contributed by atoms with Crippen LogP contribution in [0.5, 0.6) is 5.75 Å². The molecule has 6 heteroatoms. The van der Waals surface area contributed by atoms with Gasteiger partial charge >= 0.3 is 0 Å². The highest BCUT2D eigenvalue weighted by atomic mass is 16.5. The second-order valence-electron chi connectivity index (χ2n) is 5.92. The van der Waals surface area contributed by atoms with E-state index >= 15 is 0 Å². The second-order valence-corrected chi connectivity index (χ2v) is 5.92. The van der Waals surface area contributed by atoms with Gasteiger partial charge in [-0.3, -0.25) is 13.8 Å². The van der Waals surface area contributed by atoms with Gasteiger partial charge in [-0.05, 0) is 43.7 Å². The lowest BCUT2D eigenvalue weighted by Gasteiger charge is -2.10. The Morgan fingerprint density at radius 1 is 1.08 bits per heavy atom. The minimum absolute atomic E-state index is 0.0517. The van der Waals surface area contributed by atoms with Crippen molar-refractivity contribution in [3.8, 4) is 5.75 Å². The fourth-order valence-electron chi connectivity index (χ4n) is 3.05. The van der Waals surface area contributed by atoms with E-state index in [1.54, 1.807) is 4.57 Å². The van der Waals surface area contributed by atoms with E-state index in [0.29, 0.717) is 23.5 Å². The average molecular weight is 334 g/mol. The highest BCUT2D eigenvalue weighted by Crippen LogP contribution is 2.17. The zero-order valence-electron chi connectivity index (χ0n) is 14.1. The summed E-state index contributed by atoms with van der Waals surface area (Å²) in [5.74, 6) is 1.98. The van der Waals surface area contributed by atoms with E-state index in [1.807, 2.05) is 66.8 Å². The zero-order chi connectivity index (χ0) is 17.4. The monoisotopic (exact) mass is 334 g/mol. The number of aryl methyl sites for hydroxylation is 2. The Bertz CT molecular complexity index is 1130. The van der Waals surface area contributed by atoms with E-state index in [0.717, 1.165) is 16.8 Å². The van der Waals surface area contributed by atoms with Gasteiger partial charge in [-0.2, -0.15) is 0 Å². The number of nitrogens with zero attached hydrogens (tertiary/aromatic N) is 4. The van der Waals surface area contributed by atoms with Crippen LogP contribution in [0.3, 0.4) is 0 Å². The maximum Gasteiger partial charge on any atom is 0.262 e. The van der Waals surface area contributed by atoms with Gasteiger partial charge in [0, 0.05) is 6.54 Å². The summed E-state index contributed by atoms with van der Waals surface area (Å²) in [6.07, 6.45) is 0. The Kier molecular flexibility index (Phi) is 3.72. The molecule has 0 aliphatic heterocycles. The van der Waals surface area contributed by atoms with Crippen molar-refractivity contribution in [1.82, 2.24) is 19.2 Å². The van der Waals surface area contributed by atoms with Crippen LogP contribution in [0.2, 0.25) is 0 Å². The molecule has 0 saturated carbocycles. The first-order chi connectivity index (χ1) is 12.2. The van der Waals surface area contributed by atoms with Gasteiger partial charge in [0.2, 0.25) is 5.78 Å². The largest absolute Gasteiger partial charge is 0.486 e. The number of rotatable bonds is 4. The van der Waals surface area contributed by atoms with E-state index in [2.05, 4.69) is 10.2 Å². The molecule has 0 radical (unpaired) electrons. The molecule has 0 spiro atoms. The summed E-state index contributed by atoms with van der Waals surface area (Å²) in [7, 11) is 0. The number of fused-ring (bicyclic) bond motifs is 3. The van der Waals surface area contributed by atoms with E-state index in [9.17, 15) is 4.79 Å². The predicted molar refractivity (Wildman–Crippen MR) is 95.9 cm³/mol. The van der Waals surface area contributed by atoms with Gasteiger partial charge in [0.1, 0.15) is 12.4 Å². The van der Waals surface area contributed by atoms with Crippen molar-refractivity contribution in [2.24, 2.45) is 0 Å². The van der Waals surface area contributed by atoms with Crippen molar-refractivity contribution < 1.29 is 4.74 Å². The molecule has 0 aliphatic carbocycles. The molecule has 2 heterocycles. The fraction of sp³-hybridized carbons (Fsp3) is 0.211. The fourth-order valence-corrected chi connectivity index (χ4v) is 3.05. The van der Waals surface area contributed by atoms with Crippen molar-refractivity contribution in [1.29, 1.82) is 0 Å². The molecule has 0 bridgehead atoms. The summed E-state index contributed by atoms with van der Waals surface area (Å²) < 4.78 is 9.41. The molecule has 0 saturated heterocycles. The van der Waals surface area contributed by atoms with Crippen LogP contribution in [0.15, 0.2) is 53.3 Å². The molecular weight excluding hydrogens is 316 g/mol. The maximum absolute atomic E-state index is 12.7. The van der Waals surface area contributed by atoms with E-state index in [1.165, 1.54) is 0 Å². The number of hydrogen-bond donors (Lipinski definition) is 0. The van der Waals surface area contributed by atoms with Gasteiger partial charge in [-0.15, -0.1) is 10.2 Å². The molecule has 25 heavy (non-hydrogen) atoms. The van der Waals surface area contributed by atoms with Gasteiger partial charge < -0.3 is 4.74 Å². The molecule has 0 aliphatic rings. The minimum atomic E-state index is -0.0517. The topological polar surface area (TPSA) is 61.4 Å². The first-order valence-corrected chi connectivity index (χ1v) is 8.24. The third kappa shape index (κ3) is 2.55. The Morgan fingerprint density at radius 3 is 2.72 bits per heavy atom. The second kappa shape index (κ2) is 6.05. The zero-order valence-corrected chi connectivity index (χ0v) is 14.1. The molecule has 4 rings (SSSR count). The predicted octanol–water partition coefficient (Wildman–Crippen LogP) is 2.95. The summed E-state index contributed by atoms with van der Waals surface area (Å²) >= 11 is 0. The number of hydrogen-bond acceptors (Lipinski definition) is 4. The molecule has 0 atom stereocenters. The van der Waals surface area contributed by atoms with Crippen LogP contribution in [-0.2, 0) is 13.2 Å². The van der Waals surface area contributed by atoms with Gasteiger partial charge in [0.15, 0.2) is 5.82 Å². The lowest BCUT2D eigenvalue weighted by molar-refractivity contribution is 0.294. The smallest absolute Gasteiger partial charge is 0.262 e. The third-order valence-corrected chi connectivity index (χ3v) is 4.25. The Morgan fingerprint density at radius 2 is 1.92 bits per heavy atom. The Hall–Kier alpha value is -3.15. The number of aromatic nitrogens is 4. The highest BCUT2D eigenvalue weighted by Gasteiger charge is 2.15. The van der Waals surface area contributed by atoms with Gasteiger partial charge in [0.25, 0.3) is 5.56 Å². The van der Waals surface area contributed by atoms with Crippen molar-refractivity contribution in [3.05, 3.63) is 70.3 Å². The first kappa shape index (κ1) is 15.4. The molecule has 4 aromatic rings. The molecule has 0 N–H and O–H groups in total. The minimum Gasteiger partial charge on any atom is -0.486 e. The Labute approximate surface area is 144 Å². The molecule has 2 aromatic heterocycles. The van der Waals surface area contributed by atoms with Crippen molar-refractivity contribution in [2.75, 3.05) is 0 Å². The van der Waals surface area contributed by atoms with Crippen LogP contribution in [-0.4, -0.2) is 19.2 Å². The van der Waals surface area contributed by atoms with Gasteiger partial charge in [-0.1, -0.05) is 24.3 Å². The van der Waals surface area contributed by atoms with Crippen molar-refractivity contribution >= 4 is 16.7 Å². The SMILES string of the molecule is CCn1c(=O)c2ccccc2n2c(COc3cccc(C)c3)nnc12. The third-order valence-electron chi connectivity index (χ3n) is 4.25. The van der Waals surface area contributed by atoms with Crippen LogP contribution >= 0.6 is 0 Å². The molecule has 126 valence electrons. The van der Waals surface area contributed by atoms with Gasteiger partial charge in [0.05, 0.1) is 10.9 Å². The molecule has 0 amide bonds. The summed E-state index contributed by atoms with van der Waals surface area (Å²) in [5.41, 5.74) is 1.87. The van der Waals surface area contributed by atoms with Crippen LogP contribution in [0.4, 0.5) is 0 Å². The van der Waals surface area contributed by atoms with E-state index in [4.69, 9.17) is 4.74 Å². The molecule has 2 aromatic carbocycles. The van der Waals surface area contributed by atoms with Crippen LogP contribution in [0.25, 0.3) is 16.7 Å². The van der Waals surface area contributed by atoms with Crippen LogP contribution in [0.1, 0.15) is 18.3 Å². The number of benzene rings is 2. The molecular formula is C19H18N4O2. The normalized spacial score (nSPS) is 11.3. The van der Waals surface area contributed by atoms with E-state index in [-0.39, 0.29) is 12.2 Å². The van der Waals surface area contributed by atoms with Gasteiger partial charge in [-0.25, -0.2) is 0 Å². The van der Waals surface area contributed by atoms with Crippen LogP contribution < -0.4 is 10.3 Å². The molecule has 6 nitrogen and oxygen atoms in total. The van der Waals surface area contributed by atoms with Crippen molar-refractivity contribution in [3.63, 3.8) is 0 Å². The quantitative estimate of drug-likeness (QED) is 0.576. The number of para-hydroxylation sites is 1. The van der Waals surface area contributed by atoms with Crippen molar-refractivity contribution in [2.45, 2.75) is 27.0 Å². The first-order valence-electron chi connectivity index (χ1n) is 8.24. The Balaban J connectivity index is 1.85. The molecule has 0 fully saturated rings. The average Bonchev–Trinajstić information content (AvgIpc) is 3.04. The van der Waals surface area contributed by atoms with E-state index < -0.39 is 0 Å². The molecule has 0 unspecified atom stereocenters. The lowest BCUT2D eigenvalue weighted by Crippen LogP contribution is -2.22.